The highest BCUT2D eigenvalue weighted by molar-refractivity contribution is 7.99. The quantitative estimate of drug-likeness (QED) is 0.872. The number of nitrogens with one attached hydrogen (secondary N) is 1. The molecule has 0 aliphatic rings. The van der Waals surface area contributed by atoms with E-state index in [0.717, 1.165) is 0 Å². The number of rotatable bonds is 4. The summed E-state index contributed by atoms with van der Waals surface area (Å²) < 4.78 is 27.2. The van der Waals surface area contributed by atoms with Crippen LogP contribution in [0.2, 0.25) is 5.02 Å². The molecule has 6 heteroatoms. The Hall–Kier alpha value is -1.17. The average Bonchev–Trinajstić information content (AvgIpc) is 2.39. The number of sulfonamides is 1. The molecule has 0 spiro atoms. The number of hydrogen-bond donors (Lipinski definition) is 1. The maximum atomic E-state index is 12.4. The SMILES string of the molecule is CSc1ccc(Cl)cc1S(=O)(=O)Nc1ccccc1. The highest BCUT2D eigenvalue weighted by atomic mass is 35.5. The summed E-state index contributed by atoms with van der Waals surface area (Å²) in [6, 6.07) is 13.6. The van der Waals surface area contributed by atoms with Crippen molar-refractivity contribution in [2.75, 3.05) is 11.0 Å². The number of para-hydroxylation sites is 1. The first-order chi connectivity index (χ1) is 9.03. The third-order valence-electron chi connectivity index (χ3n) is 2.44. The molecule has 0 heterocycles. The van der Waals surface area contributed by atoms with Gasteiger partial charge in [-0.25, -0.2) is 8.42 Å². The van der Waals surface area contributed by atoms with Gasteiger partial charge in [-0.05, 0) is 36.6 Å². The molecule has 2 rings (SSSR count). The van der Waals surface area contributed by atoms with Crippen molar-refractivity contribution in [1.29, 1.82) is 0 Å². The third kappa shape index (κ3) is 3.43. The minimum absolute atomic E-state index is 0.191. The van der Waals surface area contributed by atoms with Gasteiger partial charge in [0.05, 0.1) is 0 Å². The summed E-state index contributed by atoms with van der Waals surface area (Å²) in [5, 5.41) is 0.395. The van der Waals surface area contributed by atoms with E-state index in [4.69, 9.17) is 11.6 Å². The zero-order chi connectivity index (χ0) is 13.9. The van der Waals surface area contributed by atoms with Crippen LogP contribution in [-0.4, -0.2) is 14.7 Å². The number of anilines is 1. The molecule has 2 aromatic carbocycles. The molecule has 100 valence electrons. The lowest BCUT2D eigenvalue weighted by molar-refractivity contribution is 0.599. The Morgan fingerprint density at radius 3 is 2.42 bits per heavy atom. The summed E-state index contributed by atoms with van der Waals surface area (Å²) in [5.74, 6) is 0. The lowest BCUT2D eigenvalue weighted by Crippen LogP contribution is -2.13. The van der Waals surface area contributed by atoms with Gasteiger partial charge in [-0.2, -0.15) is 0 Å². The molecular formula is C13H12ClNO2S2. The molecule has 0 unspecified atom stereocenters. The van der Waals surface area contributed by atoms with E-state index in [-0.39, 0.29) is 4.90 Å². The van der Waals surface area contributed by atoms with Gasteiger partial charge < -0.3 is 0 Å². The predicted octanol–water partition coefficient (Wildman–Crippen LogP) is 3.86. The largest absolute Gasteiger partial charge is 0.280 e. The minimum atomic E-state index is -3.63. The van der Waals surface area contributed by atoms with Crippen molar-refractivity contribution in [3.63, 3.8) is 0 Å². The summed E-state index contributed by atoms with van der Waals surface area (Å²) >= 11 is 7.25. The zero-order valence-corrected chi connectivity index (χ0v) is 12.5. The van der Waals surface area contributed by atoms with Gasteiger partial charge in [0.2, 0.25) is 0 Å². The van der Waals surface area contributed by atoms with Crippen LogP contribution in [0.3, 0.4) is 0 Å². The fourth-order valence-electron chi connectivity index (χ4n) is 1.58. The Morgan fingerprint density at radius 2 is 1.79 bits per heavy atom. The van der Waals surface area contributed by atoms with Crippen molar-refractivity contribution in [1.82, 2.24) is 0 Å². The predicted molar refractivity (Wildman–Crippen MR) is 80.5 cm³/mol. The van der Waals surface area contributed by atoms with E-state index < -0.39 is 10.0 Å². The molecule has 1 N–H and O–H groups in total. The molecular weight excluding hydrogens is 302 g/mol. The molecule has 0 aliphatic heterocycles. The van der Waals surface area contributed by atoms with Gasteiger partial charge >= 0.3 is 0 Å². The van der Waals surface area contributed by atoms with E-state index in [9.17, 15) is 8.42 Å². The van der Waals surface area contributed by atoms with E-state index in [1.807, 2.05) is 12.3 Å². The van der Waals surface area contributed by atoms with Crippen molar-refractivity contribution < 1.29 is 8.42 Å². The van der Waals surface area contributed by atoms with Crippen molar-refractivity contribution in [2.24, 2.45) is 0 Å². The van der Waals surface area contributed by atoms with Crippen LogP contribution >= 0.6 is 23.4 Å². The topological polar surface area (TPSA) is 46.2 Å². The molecule has 0 amide bonds. The average molecular weight is 314 g/mol. The van der Waals surface area contributed by atoms with Crippen LogP contribution < -0.4 is 4.72 Å². The molecule has 3 nitrogen and oxygen atoms in total. The van der Waals surface area contributed by atoms with Crippen LogP contribution in [0, 0.1) is 0 Å². The molecule has 19 heavy (non-hydrogen) atoms. The highest BCUT2D eigenvalue weighted by Crippen LogP contribution is 2.29. The van der Waals surface area contributed by atoms with Gasteiger partial charge in [0.1, 0.15) is 4.90 Å². The Kier molecular flexibility index (Phi) is 4.39. The molecule has 0 aromatic heterocycles. The number of hydrogen-bond acceptors (Lipinski definition) is 3. The Bertz CT molecular complexity index is 672. The molecule has 0 fully saturated rings. The maximum absolute atomic E-state index is 12.4. The van der Waals surface area contributed by atoms with Crippen LogP contribution in [0.1, 0.15) is 0 Å². The van der Waals surface area contributed by atoms with Gasteiger partial charge in [0.15, 0.2) is 0 Å². The third-order valence-corrected chi connectivity index (χ3v) is 5.02. The van der Waals surface area contributed by atoms with Gasteiger partial charge in [0, 0.05) is 15.6 Å². The molecule has 0 bridgehead atoms. The smallest absolute Gasteiger partial charge is 0.263 e. The van der Waals surface area contributed by atoms with Crippen LogP contribution in [0.5, 0.6) is 0 Å². The number of benzene rings is 2. The Balaban J connectivity index is 2.42. The number of thioether (sulfide) groups is 1. The van der Waals surface area contributed by atoms with E-state index in [1.54, 1.807) is 36.4 Å². The Labute approximate surface area is 122 Å². The fraction of sp³-hybridized carbons (Fsp3) is 0.0769. The summed E-state index contributed by atoms with van der Waals surface area (Å²) in [4.78, 5) is 0.851. The standard InChI is InChI=1S/C13H12ClNO2S2/c1-18-12-8-7-10(14)9-13(12)19(16,17)15-11-5-3-2-4-6-11/h2-9,15H,1H3. The summed E-state index contributed by atoms with van der Waals surface area (Å²) in [6.45, 7) is 0. The molecule has 0 saturated carbocycles. The maximum Gasteiger partial charge on any atom is 0.263 e. The molecule has 0 saturated heterocycles. The molecule has 0 aliphatic carbocycles. The van der Waals surface area contributed by atoms with Crippen molar-refractivity contribution in [3.05, 3.63) is 53.6 Å². The lowest BCUT2D eigenvalue weighted by Gasteiger charge is -2.11. The molecule has 0 radical (unpaired) electrons. The van der Waals surface area contributed by atoms with Crippen LogP contribution in [0.4, 0.5) is 5.69 Å². The van der Waals surface area contributed by atoms with E-state index in [2.05, 4.69) is 4.72 Å². The first kappa shape index (κ1) is 14.2. The monoisotopic (exact) mass is 313 g/mol. The van der Waals surface area contributed by atoms with E-state index >= 15 is 0 Å². The van der Waals surface area contributed by atoms with Gasteiger partial charge in [-0.3, -0.25) is 4.72 Å². The van der Waals surface area contributed by atoms with Gasteiger partial charge in [-0.15, -0.1) is 11.8 Å². The van der Waals surface area contributed by atoms with Gasteiger partial charge in [0.25, 0.3) is 10.0 Å². The van der Waals surface area contributed by atoms with Crippen LogP contribution in [0.15, 0.2) is 58.3 Å². The van der Waals surface area contributed by atoms with Crippen molar-refractivity contribution >= 4 is 39.1 Å². The zero-order valence-electron chi connectivity index (χ0n) is 10.1. The summed E-state index contributed by atoms with van der Waals surface area (Å²) in [7, 11) is -3.63. The van der Waals surface area contributed by atoms with Crippen molar-refractivity contribution in [3.8, 4) is 0 Å². The second kappa shape index (κ2) is 5.86. The fourth-order valence-corrected chi connectivity index (χ4v) is 4.03. The highest BCUT2D eigenvalue weighted by Gasteiger charge is 2.18. The van der Waals surface area contributed by atoms with Crippen LogP contribution in [-0.2, 0) is 10.0 Å². The van der Waals surface area contributed by atoms with Crippen molar-refractivity contribution in [2.45, 2.75) is 9.79 Å². The first-order valence-corrected chi connectivity index (χ1v) is 8.53. The van der Waals surface area contributed by atoms with Crippen LogP contribution in [0.25, 0.3) is 0 Å². The second-order valence-corrected chi connectivity index (χ2v) is 6.70. The lowest BCUT2D eigenvalue weighted by atomic mass is 10.3. The Morgan fingerprint density at radius 1 is 1.11 bits per heavy atom. The van der Waals surface area contributed by atoms with E-state index in [0.29, 0.717) is 15.6 Å². The molecule has 0 atom stereocenters. The normalized spacial score (nSPS) is 11.3. The second-order valence-electron chi connectivity index (χ2n) is 3.77. The van der Waals surface area contributed by atoms with E-state index in [1.165, 1.54) is 17.8 Å². The minimum Gasteiger partial charge on any atom is -0.280 e. The summed E-state index contributed by atoms with van der Waals surface area (Å²) in [5.41, 5.74) is 0.523. The summed E-state index contributed by atoms with van der Waals surface area (Å²) in [6.07, 6.45) is 1.82. The van der Waals surface area contributed by atoms with Gasteiger partial charge in [-0.1, -0.05) is 29.8 Å². The first-order valence-electron chi connectivity index (χ1n) is 5.44. The molecule has 2 aromatic rings. The number of halogens is 1.